The fraction of sp³-hybridized carbons (Fsp3) is 0.250. The van der Waals surface area contributed by atoms with Gasteiger partial charge in [0.15, 0.2) is 0 Å². The van der Waals surface area contributed by atoms with E-state index in [1.54, 1.807) is 0 Å². The third-order valence-electron chi connectivity index (χ3n) is 1.46. The Morgan fingerprint density at radius 1 is 1.69 bits per heavy atom. The van der Waals surface area contributed by atoms with Crippen LogP contribution in [0.15, 0.2) is 23.3 Å². The third kappa shape index (κ3) is 2.41. The number of H-pyrrole nitrogens is 1. The van der Waals surface area contributed by atoms with E-state index in [1.807, 2.05) is 0 Å². The molecule has 0 aromatic carbocycles. The maximum Gasteiger partial charge on any atom is 0.253 e. The Morgan fingerprint density at radius 2 is 2.38 bits per heavy atom. The van der Waals surface area contributed by atoms with Gasteiger partial charge in [-0.25, -0.2) is 0 Å². The lowest BCUT2D eigenvalue weighted by Gasteiger charge is -2.04. The van der Waals surface area contributed by atoms with E-state index in [9.17, 15) is 9.59 Å². The molecule has 5 nitrogen and oxygen atoms in total. The first kappa shape index (κ1) is 9.47. The quantitative estimate of drug-likeness (QED) is 0.587. The zero-order chi connectivity index (χ0) is 9.84. The standard InChI is InChI=1S/C8H10N2O3/c1-5(11)8(13)10-6-4-9-3-2-7(6)12/h2-5,11H,1H3,(H,9,12)(H,10,13)/t5-/m1/s1. The van der Waals surface area contributed by atoms with Crippen molar-refractivity contribution in [2.75, 3.05) is 5.32 Å². The smallest absolute Gasteiger partial charge is 0.253 e. The van der Waals surface area contributed by atoms with Gasteiger partial charge in [-0.3, -0.25) is 9.59 Å². The summed E-state index contributed by atoms with van der Waals surface area (Å²) in [7, 11) is 0. The van der Waals surface area contributed by atoms with E-state index in [-0.39, 0.29) is 11.1 Å². The lowest BCUT2D eigenvalue weighted by molar-refractivity contribution is -0.123. The second kappa shape index (κ2) is 3.86. The largest absolute Gasteiger partial charge is 0.384 e. The van der Waals surface area contributed by atoms with Crippen LogP contribution < -0.4 is 10.7 Å². The lowest BCUT2D eigenvalue weighted by atomic mass is 10.3. The molecular weight excluding hydrogens is 172 g/mol. The number of rotatable bonds is 2. The summed E-state index contributed by atoms with van der Waals surface area (Å²) in [5, 5.41) is 11.1. The molecule has 1 amide bonds. The predicted molar refractivity (Wildman–Crippen MR) is 47.4 cm³/mol. The van der Waals surface area contributed by atoms with Crippen LogP contribution in [0.5, 0.6) is 0 Å². The van der Waals surface area contributed by atoms with Gasteiger partial charge in [0.25, 0.3) is 5.91 Å². The highest BCUT2D eigenvalue weighted by Crippen LogP contribution is 1.96. The van der Waals surface area contributed by atoms with Crippen molar-refractivity contribution < 1.29 is 9.90 Å². The number of hydrogen-bond donors (Lipinski definition) is 3. The van der Waals surface area contributed by atoms with Gasteiger partial charge in [0.1, 0.15) is 11.8 Å². The first-order valence-electron chi connectivity index (χ1n) is 3.77. The van der Waals surface area contributed by atoms with Crippen molar-refractivity contribution in [2.24, 2.45) is 0 Å². The van der Waals surface area contributed by atoms with E-state index in [0.29, 0.717) is 0 Å². The SMILES string of the molecule is C[C@@H](O)C(=O)Nc1c[nH]ccc1=O. The number of aromatic nitrogens is 1. The molecule has 3 N–H and O–H groups in total. The number of aliphatic hydroxyl groups is 1. The monoisotopic (exact) mass is 182 g/mol. The Balaban J connectivity index is 2.81. The topological polar surface area (TPSA) is 82.2 Å². The average Bonchev–Trinajstić information content (AvgIpc) is 2.08. The zero-order valence-corrected chi connectivity index (χ0v) is 7.07. The molecule has 0 spiro atoms. The molecule has 0 aliphatic heterocycles. The molecule has 1 atom stereocenters. The van der Waals surface area contributed by atoms with Crippen LogP contribution in [0.25, 0.3) is 0 Å². The summed E-state index contributed by atoms with van der Waals surface area (Å²) < 4.78 is 0. The van der Waals surface area contributed by atoms with Crippen LogP contribution in [0, 0.1) is 0 Å². The van der Waals surface area contributed by atoms with Crippen molar-refractivity contribution in [3.63, 3.8) is 0 Å². The molecule has 70 valence electrons. The average molecular weight is 182 g/mol. The number of carbonyl (C=O) groups is 1. The molecule has 0 radical (unpaired) electrons. The molecule has 1 rings (SSSR count). The Hall–Kier alpha value is -1.62. The van der Waals surface area contributed by atoms with E-state index in [1.165, 1.54) is 25.4 Å². The Morgan fingerprint density at radius 3 is 2.92 bits per heavy atom. The highest BCUT2D eigenvalue weighted by molar-refractivity contribution is 5.93. The fourth-order valence-electron chi connectivity index (χ4n) is 0.751. The van der Waals surface area contributed by atoms with Gasteiger partial charge >= 0.3 is 0 Å². The molecule has 0 saturated heterocycles. The third-order valence-corrected chi connectivity index (χ3v) is 1.46. The summed E-state index contributed by atoms with van der Waals surface area (Å²) in [5.41, 5.74) is -0.166. The summed E-state index contributed by atoms with van der Waals surface area (Å²) in [6.45, 7) is 1.33. The van der Waals surface area contributed by atoms with E-state index >= 15 is 0 Å². The van der Waals surface area contributed by atoms with Crippen LogP contribution >= 0.6 is 0 Å². The van der Waals surface area contributed by atoms with Crippen molar-refractivity contribution in [1.82, 2.24) is 4.98 Å². The molecule has 5 heteroatoms. The first-order chi connectivity index (χ1) is 6.11. The molecule has 0 aliphatic carbocycles. The minimum absolute atomic E-state index is 0.133. The van der Waals surface area contributed by atoms with Gasteiger partial charge in [-0.15, -0.1) is 0 Å². The fourth-order valence-corrected chi connectivity index (χ4v) is 0.751. The number of aliphatic hydroxyl groups excluding tert-OH is 1. The van der Waals surface area contributed by atoms with E-state index in [4.69, 9.17) is 5.11 Å². The van der Waals surface area contributed by atoms with Crippen LogP contribution in [-0.4, -0.2) is 22.1 Å². The number of hydrogen-bond acceptors (Lipinski definition) is 3. The Bertz CT molecular complexity index is 356. The van der Waals surface area contributed by atoms with Gasteiger partial charge in [0.05, 0.1) is 0 Å². The summed E-state index contributed by atoms with van der Waals surface area (Å²) in [5.74, 6) is -0.600. The summed E-state index contributed by atoms with van der Waals surface area (Å²) >= 11 is 0. The lowest BCUT2D eigenvalue weighted by Crippen LogP contribution is -2.27. The van der Waals surface area contributed by atoms with Crippen molar-refractivity contribution in [3.05, 3.63) is 28.7 Å². The molecule has 0 unspecified atom stereocenters. The van der Waals surface area contributed by atoms with Gasteiger partial charge < -0.3 is 15.4 Å². The van der Waals surface area contributed by atoms with Crippen LogP contribution in [0.2, 0.25) is 0 Å². The maximum atomic E-state index is 11.1. The van der Waals surface area contributed by atoms with Gasteiger partial charge in [-0.05, 0) is 6.92 Å². The van der Waals surface area contributed by atoms with Gasteiger partial charge in [0, 0.05) is 18.5 Å². The molecule has 13 heavy (non-hydrogen) atoms. The minimum atomic E-state index is -1.13. The summed E-state index contributed by atoms with van der Waals surface area (Å²) in [6, 6.07) is 1.29. The van der Waals surface area contributed by atoms with Crippen molar-refractivity contribution in [2.45, 2.75) is 13.0 Å². The molecule has 0 saturated carbocycles. The van der Waals surface area contributed by atoms with Gasteiger partial charge in [0.2, 0.25) is 5.43 Å². The van der Waals surface area contributed by atoms with Crippen molar-refractivity contribution in [1.29, 1.82) is 0 Å². The van der Waals surface area contributed by atoms with Gasteiger partial charge in [-0.2, -0.15) is 0 Å². The molecule has 0 fully saturated rings. The Kier molecular flexibility index (Phi) is 2.81. The highest BCUT2D eigenvalue weighted by atomic mass is 16.3. The van der Waals surface area contributed by atoms with E-state index in [2.05, 4.69) is 10.3 Å². The summed E-state index contributed by atoms with van der Waals surface area (Å²) in [6.07, 6.45) is 1.70. The second-order valence-corrected chi connectivity index (χ2v) is 2.59. The number of nitrogens with one attached hydrogen (secondary N) is 2. The number of aromatic amines is 1. The second-order valence-electron chi connectivity index (χ2n) is 2.59. The van der Waals surface area contributed by atoms with Crippen LogP contribution in [0.4, 0.5) is 5.69 Å². The number of carbonyl (C=O) groups excluding carboxylic acids is 1. The number of pyridine rings is 1. The van der Waals surface area contributed by atoms with Crippen LogP contribution in [0.3, 0.4) is 0 Å². The molecule has 1 aromatic heterocycles. The molecule has 0 bridgehead atoms. The number of amides is 1. The molecular formula is C8H10N2O3. The predicted octanol–water partition coefficient (Wildman–Crippen LogP) is -0.306. The summed E-state index contributed by atoms with van der Waals surface area (Å²) in [4.78, 5) is 24.7. The van der Waals surface area contributed by atoms with E-state index < -0.39 is 12.0 Å². The van der Waals surface area contributed by atoms with E-state index in [0.717, 1.165) is 0 Å². The minimum Gasteiger partial charge on any atom is -0.384 e. The first-order valence-corrected chi connectivity index (χ1v) is 3.77. The normalized spacial score (nSPS) is 12.2. The number of anilines is 1. The zero-order valence-electron chi connectivity index (χ0n) is 7.07. The molecule has 1 aromatic rings. The van der Waals surface area contributed by atoms with Crippen molar-refractivity contribution in [3.8, 4) is 0 Å². The molecule has 1 heterocycles. The van der Waals surface area contributed by atoms with Crippen LogP contribution in [-0.2, 0) is 4.79 Å². The van der Waals surface area contributed by atoms with Gasteiger partial charge in [-0.1, -0.05) is 0 Å². The Labute approximate surface area is 74.4 Å². The maximum absolute atomic E-state index is 11.1. The highest BCUT2D eigenvalue weighted by Gasteiger charge is 2.09. The molecule has 0 aliphatic rings. The van der Waals surface area contributed by atoms with Crippen molar-refractivity contribution >= 4 is 11.6 Å². The van der Waals surface area contributed by atoms with Crippen LogP contribution in [0.1, 0.15) is 6.92 Å².